The summed E-state index contributed by atoms with van der Waals surface area (Å²) in [6.07, 6.45) is 1.55. The minimum absolute atomic E-state index is 0.0485. The van der Waals surface area contributed by atoms with Crippen molar-refractivity contribution in [2.75, 3.05) is 13.1 Å². The summed E-state index contributed by atoms with van der Waals surface area (Å²) in [5.41, 5.74) is 6.02. The van der Waals surface area contributed by atoms with E-state index in [2.05, 4.69) is 9.97 Å². The van der Waals surface area contributed by atoms with E-state index in [0.717, 1.165) is 6.42 Å². The summed E-state index contributed by atoms with van der Waals surface area (Å²) in [6, 6.07) is 1.75. The van der Waals surface area contributed by atoms with E-state index in [9.17, 15) is 14.4 Å². The highest BCUT2D eigenvalue weighted by Crippen LogP contribution is 2.27. The normalized spacial score (nSPS) is 19.7. The first-order chi connectivity index (χ1) is 13.3. The van der Waals surface area contributed by atoms with Gasteiger partial charge in [-0.25, -0.2) is 9.78 Å². The lowest BCUT2D eigenvalue weighted by Gasteiger charge is -2.23. The molecule has 0 saturated carbocycles. The van der Waals surface area contributed by atoms with Crippen LogP contribution in [-0.2, 0) is 6.54 Å². The number of nitrogens with two attached hydrogens (primary N) is 1. The Balaban J connectivity index is 2.27. The fourth-order valence-electron chi connectivity index (χ4n) is 3.94. The number of rotatable bonds is 5. The van der Waals surface area contributed by atoms with E-state index in [4.69, 9.17) is 5.73 Å². The van der Waals surface area contributed by atoms with Gasteiger partial charge >= 0.3 is 5.69 Å². The Labute approximate surface area is 163 Å². The van der Waals surface area contributed by atoms with E-state index in [0.29, 0.717) is 37.3 Å². The molecule has 152 valence electrons. The third kappa shape index (κ3) is 3.48. The summed E-state index contributed by atoms with van der Waals surface area (Å²) >= 11 is 0. The van der Waals surface area contributed by atoms with Gasteiger partial charge in [0.1, 0.15) is 0 Å². The van der Waals surface area contributed by atoms with Gasteiger partial charge in [-0.05, 0) is 44.2 Å². The molecule has 3 heterocycles. The number of carbonyl (C=O) groups is 1. The minimum atomic E-state index is -0.569. The Morgan fingerprint density at radius 3 is 2.68 bits per heavy atom. The summed E-state index contributed by atoms with van der Waals surface area (Å²) in [4.78, 5) is 47.2. The number of aromatic nitrogens is 3. The molecule has 2 atom stereocenters. The number of hydrogen-bond donors (Lipinski definition) is 2. The van der Waals surface area contributed by atoms with Gasteiger partial charge in [-0.3, -0.25) is 19.1 Å². The minimum Gasteiger partial charge on any atom is -0.336 e. The van der Waals surface area contributed by atoms with E-state index >= 15 is 0 Å². The van der Waals surface area contributed by atoms with Crippen molar-refractivity contribution in [1.29, 1.82) is 0 Å². The van der Waals surface area contributed by atoms with E-state index in [1.165, 1.54) is 4.57 Å². The highest BCUT2D eigenvalue weighted by molar-refractivity contribution is 6.05. The van der Waals surface area contributed by atoms with Crippen LogP contribution in [0.25, 0.3) is 11.0 Å². The zero-order chi connectivity index (χ0) is 20.6. The number of aromatic amines is 1. The number of carbonyl (C=O) groups excluding carboxylic acids is 1. The van der Waals surface area contributed by atoms with Crippen LogP contribution in [0.3, 0.4) is 0 Å². The molecule has 1 aliphatic heterocycles. The van der Waals surface area contributed by atoms with E-state index in [1.54, 1.807) is 11.0 Å². The molecule has 2 aromatic rings. The first-order valence-electron chi connectivity index (χ1n) is 9.97. The Morgan fingerprint density at radius 1 is 1.39 bits per heavy atom. The standard InChI is InChI=1S/C20H29N5O3/c1-5-6-24-17-16(18(26)23-20(24)28)14(8-15(22-17)11(2)3)19(27)25-10-13(9-21)7-12(25)4/h8,11-13H,5-7,9-10,21H2,1-4H3,(H,23,26,28). The molecule has 3 rings (SSSR count). The average Bonchev–Trinajstić information content (AvgIpc) is 3.04. The van der Waals surface area contributed by atoms with Crippen molar-refractivity contribution in [1.82, 2.24) is 19.4 Å². The van der Waals surface area contributed by atoms with Crippen LogP contribution in [0.4, 0.5) is 0 Å². The number of H-pyrrole nitrogens is 1. The maximum atomic E-state index is 13.4. The van der Waals surface area contributed by atoms with Gasteiger partial charge in [0.15, 0.2) is 5.65 Å². The van der Waals surface area contributed by atoms with Crippen LogP contribution < -0.4 is 17.0 Å². The van der Waals surface area contributed by atoms with Crippen LogP contribution in [0, 0.1) is 5.92 Å². The first-order valence-corrected chi connectivity index (χ1v) is 9.97. The molecule has 0 bridgehead atoms. The average molecular weight is 387 g/mol. The smallest absolute Gasteiger partial charge is 0.329 e. The van der Waals surface area contributed by atoms with Crippen molar-refractivity contribution in [3.8, 4) is 0 Å². The summed E-state index contributed by atoms with van der Waals surface area (Å²) in [7, 11) is 0. The van der Waals surface area contributed by atoms with Crippen LogP contribution in [0.5, 0.6) is 0 Å². The highest BCUT2D eigenvalue weighted by Gasteiger charge is 2.34. The van der Waals surface area contributed by atoms with Gasteiger partial charge in [0.05, 0.1) is 10.9 Å². The Morgan fingerprint density at radius 2 is 2.11 bits per heavy atom. The Bertz CT molecular complexity index is 1010. The lowest BCUT2D eigenvalue weighted by atomic mass is 10.0. The number of hydrogen-bond acceptors (Lipinski definition) is 5. The van der Waals surface area contributed by atoms with Crippen molar-refractivity contribution in [3.05, 3.63) is 38.2 Å². The summed E-state index contributed by atoms with van der Waals surface area (Å²) in [6.45, 7) is 9.41. The molecule has 3 N–H and O–H groups in total. The molecule has 0 spiro atoms. The lowest BCUT2D eigenvalue weighted by Crippen LogP contribution is -2.37. The molecular formula is C20H29N5O3. The number of fused-ring (bicyclic) bond motifs is 1. The number of aryl methyl sites for hydroxylation is 1. The third-order valence-corrected chi connectivity index (χ3v) is 5.49. The number of likely N-dealkylation sites (tertiary alicyclic amines) is 1. The van der Waals surface area contributed by atoms with Gasteiger partial charge in [0.25, 0.3) is 11.5 Å². The van der Waals surface area contributed by atoms with Gasteiger partial charge in [-0.1, -0.05) is 20.8 Å². The molecule has 0 aliphatic carbocycles. The van der Waals surface area contributed by atoms with Crippen LogP contribution in [0.2, 0.25) is 0 Å². The van der Waals surface area contributed by atoms with E-state index in [-0.39, 0.29) is 34.8 Å². The molecule has 0 radical (unpaired) electrons. The molecule has 1 saturated heterocycles. The molecule has 1 aliphatic rings. The van der Waals surface area contributed by atoms with Crippen molar-refractivity contribution < 1.29 is 4.79 Å². The molecule has 1 fully saturated rings. The molecule has 8 nitrogen and oxygen atoms in total. The second-order valence-corrected chi connectivity index (χ2v) is 8.00. The van der Waals surface area contributed by atoms with E-state index in [1.807, 2.05) is 27.7 Å². The fraction of sp³-hybridized carbons (Fsp3) is 0.600. The summed E-state index contributed by atoms with van der Waals surface area (Å²) in [5, 5.41) is 0.186. The molecule has 8 heteroatoms. The van der Waals surface area contributed by atoms with Crippen LogP contribution in [0.15, 0.2) is 15.7 Å². The number of nitrogens with one attached hydrogen (secondary N) is 1. The first kappa shape index (κ1) is 20.3. The van der Waals surface area contributed by atoms with Crippen molar-refractivity contribution in [3.63, 3.8) is 0 Å². The SMILES string of the molecule is CCCn1c(=O)[nH]c(=O)c2c(C(=O)N3CC(CN)CC3C)cc(C(C)C)nc21. The topological polar surface area (TPSA) is 114 Å². The zero-order valence-corrected chi connectivity index (χ0v) is 17.0. The van der Waals surface area contributed by atoms with Crippen molar-refractivity contribution in [2.45, 2.75) is 59.0 Å². The fourth-order valence-corrected chi connectivity index (χ4v) is 3.94. The predicted octanol–water partition coefficient (Wildman–Crippen LogP) is 1.43. The zero-order valence-electron chi connectivity index (χ0n) is 17.0. The second-order valence-electron chi connectivity index (χ2n) is 8.00. The molecular weight excluding hydrogens is 358 g/mol. The number of amides is 1. The largest absolute Gasteiger partial charge is 0.336 e. The van der Waals surface area contributed by atoms with Gasteiger partial charge in [0, 0.05) is 24.8 Å². The van der Waals surface area contributed by atoms with Gasteiger partial charge in [-0.2, -0.15) is 0 Å². The van der Waals surface area contributed by atoms with Gasteiger partial charge < -0.3 is 10.6 Å². The van der Waals surface area contributed by atoms with E-state index < -0.39 is 11.2 Å². The Kier molecular flexibility index (Phi) is 5.69. The van der Waals surface area contributed by atoms with Crippen molar-refractivity contribution in [2.24, 2.45) is 11.7 Å². The second kappa shape index (κ2) is 7.87. The van der Waals surface area contributed by atoms with Crippen LogP contribution >= 0.6 is 0 Å². The number of pyridine rings is 1. The maximum absolute atomic E-state index is 13.4. The van der Waals surface area contributed by atoms with Crippen molar-refractivity contribution >= 4 is 16.9 Å². The summed E-state index contributed by atoms with van der Waals surface area (Å²) in [5.74, 6) is 0.103. The number of nitrogens with zero attached hydrogens (tertiary/aromatic N) is 3. The Hall–Kier alpha value is -2.48. The molecule has 2 aromatic heterocycles. The quantitative estimate of drug-likeness (QED) is 0.805. The van der Waals surface area contributed by atoms with Gasteiger partial charge in [0.2, 0.25) is 0 Å². The third-order valence-electron chi connectivity index (χ3n) is 5.49. The van der Waals surface area contributed by atoms with Crippen LogP contribution in [-0.4, -0.2) is 44.5 Å². The maximum Gasteiger partial charge on any atom is 0.329 e. The molecule has 28 heavy (non-hydrogen) atoms. The molecule has 1 amide bonds. The molecule has 2 unspecified atom stereocenters. The predicted molar refractivity (Wildman–Crippen MR) is 109 cm³/mol. The molecule has 0 aromatic carbocycles. The highest BCUT2D eigenvalue weighted by atomic mass is 16.2. The monoisotopic (exact) mass is 387 g/mol. The summed E-state index contributed by atoms with van der Waals surface area (Å²) < 4.78 is 1.45. The van der Waals surface area contributed by atoms with Gasteiger partial charge in [-0.15, -0.1) is 0 Å². The van der Waals surface area contributed by atoms with Crippen LogP contribution in [0.1, 0.15) is 62.5 Å². The lowest BCUT2D eigenvalue weighted by molar-refractivity contribution is 0.0745.